The van der Waals surface area contributed by atoms with E-state index in [0.717, 1.165) is 23.4 Å². The van der Waals surface area contributed by atoms with Crippen LogP contribution < -0.4 is 5.73 Å². The van der Waals surface area contributed by atoms with Gasteiger partial charge in [0.05, 0.1) is 18.1 Å². The molecule has 0 saturated heterocycles. The molecule has 0 unspecified atom stereocenters. The molecule has 0 aliphatic heterocycles. The summed E-state index contributed by atoms with van der Waals surface area (Å²) in [7, 11) is 4.02. The zero-order valence-electron chi connectivity index (χ0n) is 15.5. The smallest absolute Gasteiger partial charge is 0.254 e. The number of nitrogens with zero attached hydrogens (tertiary/aromatic N) is 4. The number of hydrogen-bond donors (Lipinski definition) is 1. The largest absolute Gasteiger partial charge is 0.382 e. The number of amides is 1. The van der Waals surface area contributed by atoms with Crippen molar-refractivity contribution in [3.05, 3.63) is 64.6 Å². The van der Waals surface area contributed by atoms with Gasteiger partial charge in [-0.15, -0.1) is 0 Å². The minimum atomic E-state index is 0.0259. The first-order valence-electron chi connectivity index (χ1n) is 8.66. The molecule has 0 radical (unpaired) electrons. The SMILES string of the molecule is CN(C)CCN(Cc1ccsc1)C(=O)c1ccc(-c2cnc(N)cn2)cc1. The normalized spacial score (nSPS) is 10.9. The maximum Gasteiger partial charge on any atom is 0.254 e. The third kappa shape index (κ3) is 5.12. The Morgan fingerprint density at radius 1 is 1.07 bits per heavy atom. The van der Waals surface area contributed by atoms with Gasteiger partial charge in [-0.2, -0.15) is 11.3 Å². The van der Waals surface area contributed by atoms with Crippen molar-refractivity contribution in [1.82, 2.24) is 19.8 Å². The van der Waals surface area contributed by atoms with Gasteiger partial charge in [0.1, 0.15) is 5.82 Å². The van der Waals surface area contributed by atoms with Gasteiger partial charge in [-0.1, -0.05) is 12.1 Å². The van der Waals surface area contributed by atoms with Gasteiger partial charge in [0, 0.05) is 30.8 Å². The number of nitrogens with two attached hydrogens (primary N) is 1. The van der Waals surface area contributed by atoms with Crippen molar-refractivity contribution in [2.24, 2.45) is 0 Å². The molecule has 0 saturated carbocycles. The second-order valence-corrected chi connectivity index (χ2v) is 7.35. The summed E-state index contributed by atoms with van der Waals surface area (Å²) in [5, 5.41) is 4.12. The molecule has 1 amide bonds. The summed E-state index contributed by atoms with van der Waals surface area (Å²) in [5.41, 5.74) is 9.02. The molecule has 140 valence electrons. The summed E-state index contributed by atoms with van der Waals surface area (Å²) in [6.07, 6.45) is 3.16. The maximum atomic E-state index is 13.0. The van der Waals surface area contributed by atoms with Crippen LogP contribution in [-0.4, -0.2) is 52.9 Å². The number of nitrogen functional groups attached to an aromatic ring is 1. The summed E-state index contributed by atoms with van der Waals surface area (Å²) in [6, 6.07) is 9.52. The number of benzene rings is 1. The monoisotopic (exact) mass is 381 g/mol. The number of likely N-dealkylation sites (N-methyl/N-ethyl adjacent to an activating group) is 1. The molecule has 0 aliphatic rings. The summed E-state index contributed by atoms with van der Waals surface area (Å²) in [5.74, 6) is 0.411. The Labute approximate surface area is 163 Å². The summed E-state index contributed by atoms with van der Waals surface area (Å²) in [6.45, 7) is 2.10. The maximum absolute atomic E-state index is 13.0. The zero-order valence-corrected chi connectivity index (χ0v) is 16.3. The van der Waals surface area contributed by atoms with Crippen LogP contribution in [0.15, 0.2) is 53.5 Å². The van der Waals surface area contributed by atoms with Gasteiger partial charge in [0.2, 0.25) is 0 Å². The highest BCUT2D eigenvalue weighted by Crippen LogP contribution is 2.19. The lowest BCUT2D eigenvalue weighted by atomic mass is 10.1. The molecular weight excluding hydrogens is 358 g/mol. The van der Waals surface area contributed by atoms with E-state index in [1.165, 1.54) is 6.20 Å². The average Bonchev–Trinajstić information content (AvgIpc) is 3.18. The van der Waals surface area contributed by atoms with Crippen LogP contribution >= 0.6 is 11.3 Å². The van der Waals surface area contributed by atoms with E-state index in [4.69, 9.17) is 5.73 Å². The van der Waals surface area contributed by atoms with Gasteiger partial charge >= 0.3 is 0 Å². The number of rotatable bonds is 7. The topological polar surface area (TPSA) is 75.3 Å². The molecule has 1 aromatic carbocycles. The van der Waals surface area contributed by atoms with Gasteiger partial charge in [0.15, 0.2) is 0 Å². The first-order valence-corrected chi connectivity index (χ1v) is 9.60. The van der Waals surface area contributed by atoms with Crippen molar-refractivity contribution in [2.45, 2.75) is 6.54 Å². The van der Waals surface area contributed by atoms with E-state index < -0.39 is 0 Å². The first-order chi connectivity index (χ1) is 13.0. The Morgan fingerprint density at radius 3 is 2.44 bits per heavy atom. The number of hydrogen-bond acceptors (Lipinski definition) is 6. The summed E-state index contributed by atoms with van der Waals surface area (Å²) in [4.78, 5) is 25.3. The van der Waals surface area contributed by atoms with E-state index in [1.807, 2.05) is 48.6 Å². The highest BCUT2D eigenvalue weighted by molar-refractivity contribution is 7.07. The van der Waals surface area contributed by atoms with Crippen LogP contribution in [0, 0.1) is 0 Å². The minimum Gasteiger partial charge on any atom is -0.382 e. The number of carbonyl (C=O) groups excluding carboxylic acids is 1. The Balaban J connectivity index is 1.76. The molecule has 2 N–H and O–H groups in total. The standard InChI is InChI=1S/C20H23N5OS/c1-24(2)8-9-25(13-15-7-10-27-14-15)20(26)17-5-3-16(4-6-17)18-11-23-19(21)12-22-18/h3-7,10-12,14H,8-9,13H2,1-2H3,(H2,21,23). The average molecular weight is 382 g/mol. The third-order valence-corrected chi connectivity index (χ3v) is 4.89. The third-order valence-electron chi connectivity index (χ3n) is 4.16. The van der Waals surface area contributed by atoms with E-state index in [9.17, 15) is 4.79 Å². The van der Waals surface area contributed by atoms with Crippen LogP contribution in [-0.2, 0) is 6.54 Å². The minimum absolute atomic E-state index is 0.0259. The van der Waals surface area contributed by atoms with Gasteiger partial charge < -0.3 is 15.5 Å². The fourth-order valence-electron chi connectivity index (χ4n) is 2.63. The van der Waals surface area contributed by atoms with Gasteiger partial charge in [-0.25, -0.2) is 4.98 Å². The second-order valence-electron chi connectivity index (χ2n) is 6.57. The van der Waals surface area contributed by atoms with Crippen LogP contribution in [0.3, 0.4) is 0 Å². The number of anilines is 1. The van der Waals surface area contributed by atoms with Crippen LogP contribution in [0.4, 0.5) is 5.82 Å². The highest BCUT2D eigenvalue weighted by Gasteiger charge is 2.17. The fraction of sp³-hybridized carbons (Fsp3) is 0.250. The van der Waals surface area contributed by atoms with Crippen LogP contribution in [0.1, 0.15) is 15.9 Å². The van der Waals surface area contributed by atoms with Crippen molar-refractivity contribution < 1.29 is 4.79 Å². The predicted octanol–water partition coefficient (Wildman–Crippen LogP) is 2.99. The van der Waals surface area contributed by atoms with Crippen LogP contribution in [0.25, 0.3) is 11.3 Å². The van der Waals surface area contributed by atoms with Gasteiger partial charge in [0.25, 0.3) is 5.91 Å². The zero-order chi connectivity index (χ0) is 19.2. The Hall–Kier alpha value is -2.77. The molecule has 0 bridgehead atoms. The second kappa shape index (κ2) is 8.75. The molecule has 2 aromatic heterocycles. The number of thiophene rings is 1. The highest BCUT2D eigenvalue weighted by atomic mass is 32.1. The molecule has 27 heavy (non-hydrogen) atoms. The van der Waals surface area contributed by atoms with E-state index in [2.05, 4.69) is 26.3 Å². The summed E-state index contributed by atoms with van der Waals surface area (Å²) < 4.78 is 0. The van der Waals surface area contributed by atoms with E-state index in [-0.39, 0.29) is 5.91 Å². The van der Waals surface area contributed by atoms with Crippen molar-refractivity contribution in [3.63, 3.8) is 0 Å². The molecule has 7 heteroatoms. The summed E-state index contributed by atoms with van der Waals surface area (Å²) >= 11 is 1.64. The molecular formula is C20H23N5OS. The molecule has 3 rings (SSSR count). The van der Waals surface area contributed by atoms with E-state index in [0.29, 0.717) is 24.5 Å². The Kier molecular flexibility index (Phi) is 6.16. The van der Waals surface area contributed by atoms with Crippen LogP contribution in [0.2, 0.25) is 0 Å². The fourth-order valence-corrected chi connectivity index (χ4v) is 3.29. The molecule has 0 spiro atoms. The van der Waals surface area contributed by atoms with Gasteiger partial charge in [-0.05, 0) is 48.6 Å². The molecule has 0 aliphatic carbocycles. The number of aromatic nitrogens is 2. The van der Waals surface area contributed by atoms with Crippen molar-refractivity contribution in [1.29, 1.82) is 0 Å². The predicted molar refractivity (Wildman–Crippen MR) is 109 cm³/mol. The van der Waals surface area contributed by atoms with Crippen molar-refractivity contribution in [3.8, 4) is 11.3 Å². The molecule has 0 atom stereocenters. The quantitative estimate of drug-likeness (QED) is 0.681. The lowest BCUT2D eigenvalue weighted by Crippen LogP contribution is -2.36. The number of carbonyl (C=O) groups is 1. The lowest BCUT2D eigenvalue weighted by Gasteiger charge is -2.24. The molecule has 3 aromatic rings. The van der Waals surface area contributed by atoms with E-state index in [1.54, 1.807) is 17.5 Å². The molecule has 6 nitrogen and oxygen atoms in total. The lowest BCUT2D eigenvalue weighted by molar-refractivity contribution is 0.0732. The van der Waals surface area contributed by atoms with E-state index >= 15 is 0 Å². The van der Waals surface area contributed by atoms with Gasteiger partial charge in [-0.3, -0.25) is 9.78 Å². The Morgan fingerprint density at radius 2 is 1.85 bits per heavy atom. The molecule has 0 fully saturated rings. The Bertz CT molecular complexity index is 860. The van der Waals surface area contributed by atoms with Crippen LogP contribution in [0.5, 0.6) is 0 Å². The van der Waals surface area contributed by atoms with Crippen molar-refractivity contribution in [2.75, 3.05) is 32.9 Å². The molecule has 2 heterocycles. The van der Waals surface area contributed by atoms with Crippen molar-refractivity contribution >= 4 is 23.1 Å². The first kappa shape index (κ1) is 19.0.